The maximum atomic E-state index is 12.7. The monoisotopic (exact) mass is 322 g/mol. The molecule has 0 rings (SSSR count). The topological polar surface area (TPSA) is 74.6 Å². The Morgan fingerprint density at radius 2 is 1.15 bits per heavy atom. The molecular weight excluding hydrogens is 319 g/mol. The summed E-state index contributed by atoms with van der Waals surface area (Å²) in [4.78, 5) is 19.5. The SMILES string of the molecule is O=C(O)C(F)C(F)(F)C(F)(F)C(F)(F)C(F)(F)C(=O)O. The van der Waals surface area contributed by atoms with Crippen molar-refractivity contribution >= 4 is 11.9 Å². The van der Waals surface area contributed by atoms with Crippen LogP contribution in [0.2, 0.25) is 0 Å². The molecule has 0 aliphatic carbocycles. The summed E-state index contributed by atoms with van der Waals surface area (Å²) in [7, 11) is 0. The first kappa shape index (κ1) is 18.3. The Morgan fingerprint density at radius 3 is 1.40 bits per heavy atom. The third-order valence-corrected chi connectivity index (χ3v) is 2.01. The van der Waals surface area contributed by atoms with Gasteiger partial charge in [-0.3, -0.25) is 0 Å². The van der Waals surface area contributed by atoms with E-state index in [2.05, 4.69) is 0 Å². The van der Waals surface area contributed by atoms with Gasteiger partial charge in [0.05, 0.1) is 0 Å². The van der Waals surface area contributed by atoms with E-state index in [9.17, 15) is 49.1 Å². The van der Waals surface area contributed by atoms with E-state index in [1.54, 1.807) is 0 Å². The molecule has 0 radical (unpaired) electrons. The summed E-state index contributed by atoms with van der Waals surface area (Å²) < 4.78 is 113. The Kier molecular flexibility index (Phi) is 4.30. The Hall–Kier alpha value is -1.69. The van der Waals surface area contributed by atoms with Crippen LogP contribution in [0, 0.1) is 0 Å². The summed E-state index contributed by atoms with van der Waals surface area (Å²) in [5.41, 5.74) is 0. The molecular formula is C7H3F9O4. The van der Waals surface area contributed by atoms with Gasteiger partial charge in [0.2, 0.25) is 0 Å². The van der Waals surface area contributed by atoms with Gasteiger partial charge < -0.3 is 10.2 Å². The number of hydrogen-bond acceptors (Lipinski definition) is 2. The molecule has 0 aliphatic heterocycles. The Morgan fingerprint density at radius 1 is 0.800 bits per heavy atom. The summed E-state index contributed by atoms with van der Waals surface area (Å²) in [5.74, 6) is -35.2. The summed E-state index contributed by atoms with van der Waals surface area (Å²) in [6.07, 6.45) is -4.96. The van der Waals surface area contributed by atoms with Gasteiger partial charge in [0.15, 0.2) is 0 Å². The van der Waals surface area contributed by atoms with Crippen LogP contribution in [0.5, 0.6) is 0 Å². The molecule has 0 amide bonds. The summed E-state index contributed by atoms with van der Waals surface area (Å²) >= 11 is 0. The molecule has 0 bridgehead atoms. The van der Waals surface area contributed by atoms with Crippen molar-refractivity contribution < 1.29 is 59.3 Å². The van der Waals surface area contributed by atoms with E-state index in [1.165, 1.54) is 0 Å². The summed E-state index contributed by atoms with van der Waals surface area (Å²) in [6.45, 7) is 0. The van der Waals surface area contributed by atoms with Crippen LogP contribution in [0.3, 0.4) is 0 Å². The number of alkyl halides is 9. The zero-order valence-corrected chi connectivity index (χ0v) is 8.69. The van der Waals surface area contributed by atoms with Gasteiger partial charge in [0.25, 0.3) is 6.17 Å². The number of halogens is 9. The first-order valence-corrected chi connectivity index (χ1v) is 4.16. The van der Waals surface area contributed by atoms with Crippen LogP contribution in [0.15, 0.2) is 0 Å². The van der Waals surface area contributed by atoms with Crippen LogP contribution < -0.4 is 0 Å². The molecule has 20 heavy (non-hydrogen) atoms. The van der Waals surface area contributed by atoms with Crippen LogP contribution >= 0.6 is 0 Å². The van der Waals surface area contributed by atoms with E-state index < -0.39 is 41.8 Å². The van der Waals surface area contributed by atoms with E-state index >= 15 is 0 Å². The van der Waals surface area contributed by atoms with Crippen molar-refractivity contribution in [1.29, 1.82) is 0 Å². The lowest BCUT2D eigenvalue weighted by molar-refractivity contribution is -0.367. The van der Waals surface area contributed by atoms with Crippen molar-refractivity contribution in [3.63, 3.8) is 0 Å². The van der Waals surface area contributed by atoms with E-state index in [1.807, 2.05) is 0 Å². The number of carboxylic acids is 2. The highest BCUT2D eigenvalue weighted by Gasteiger charge is 2.85. The second-order valence-corrected chi connectivity index (χ2v) is 3.35. The first-order chi connectivity index (χ1) is 8.55. The average Bonchev–Trinajstić information content (AvgIpc) is 2.26. The molecule has 0 spiro atoms. The maximum absolute atomic E-state index is 12.7. The van der Waals surface area contributed by atoms with Crippen molar-refractivity contribution in [2.45, 2.75) is 29.9 Å². The van der Waals surface area contributed by atoms with Gasteiger partial charge in [0.1, 0.15) is 0 Å². The number of hydrogen-bond donors (Lipinski definition) is 2. The number of aliphatic carboxylic acids is 2. The standard InChI is InChI=1S/C7H3F9O4/c8-1(2(17)18)4(9,10)6(13,14)7(15,16)5(11,12)3(19)20/h1H,(H,17,18)(H,19,20). The zero-order valence-electron chi connectivity index (χ0n) is 8.69. The van der Waals surface area contributed by atoms with Crippen LogP contribution in [-0.4, -0.2) is 52.0 Å². The Balaban J connectivity index is 5.97. The maximum Gasteiger partial charge on any atom is 0.410 e. The van der Waals surface area contributed by atoms with Gasteiger partial charge >= 0.3 is 35.6 Å². The Bertz CT molecular complexity index is 419. The van der Waals surface area contributed by atoms with Crippen LogP contribution in [0.1, 0.15) is 0 Å². The minimum Gasteiger partial charge on any atom is -0.479 e. The van der Waals surface area contributed by atoms with Crippen molar-refractivity contribution in [3.05, 3.63) is 0 Å². The van der Waals surface area contributed by atoms with Crippen molar-refractivity contribution in [1.82, 2.24) is 0 Å². The van der Waals surface area contributed by atoms with Crippen LogP contribution in [0.4, 0.5) is 39.5 Å². The van der Waals surface area contributed by atoms with Gasteiger partial charge in [-0.2, -0.15) is 35.1 Å². The van der Waals surface area contributed by atoms with Gasteiger partial charge in [-0.1, -0.05) is 0 Å². The van der Waals surface area contributed by atoms with Crippen molar-refractivity contribution in [2.75, 3.05) is 0 Å². The van der Waals surface area contributed by atoms with E-state index in [0.29, 0.717) is 0 Å². The lowest BCUT2D eigenvalue weighted by atomic mass is 9.95. The minimum atomic E-state index is -7.29. The van der Waals surface area contributed by atoms with Crippen molar-refractivity contribution in [3.8, 4) is 0 Å². The number of rotatable bonds is 6. The molecule has 0 aliphatic rings. The minimum absolute atomic E-state index is 3.33. The molecule has 0 aromatic rings. The van der Waals surface area contributed by atoms with Gasteiger partial charge in [-0.15, -0.1) is 0 Å². The summed E-state index contributed by atoms with van der Waals surface area (Å²) in [6, 6.07) is 0. The molecule has 0 heterocycles. The van der Waals surface area contributed by atoms with Crippen molar-refractivity contribution in [2.24, 2.45) is 0 Å². The molecule has 4 nitrogen and oxygen atoms in total. The highest BCUT2D eigenvalue weighted by Crippen LogP contribution is 2.54. The zero-order chi connectivity index (χ0) is 16.7. The Labute approximate surface area is 102 Å². The molecule has 0 aromatic heterocycles. The fourth-order valence-electron chi connectivity index (χ4n) is 0.855. The van der Waals surface area contributed by atoms with Gasteiger partial charge in [0, 0.05) is 0 Å². The molecule has 0 saturated carbocycles. The summed E-state index contributed by atoms with van der Waals surface area (Å²) in [5, 5.41) is 15.4. The normalized spacial score (nSPS) is 15.8. The highest BCUT2D eigenvalue weighted by molar-refractivity contribution is 5.77. The number of carboxylic acid groups (broad SMARTS) is 2. The largest absolute Gasteiger partial charge is 0.479 e. The highest BCUT2D eigenvalue weighted by atomic mass is 19.4. The third-order valence-electron chi connectivity index (χ3n) is 2.01. The van der Waals surface area contributed by atoms with Crippen LogP contribution in [-0.2, 0) is 9.59 Å². The molecule has 118 valence electrons. The second kappa shape index (κ2) is 4.70. The van der Waals surface area contributed by atoms with Gasteiger partial charge in [-0.05, 0) is 0 Å². The van der Waals surface area contributed by atoms with E-state index in [0.717, 1.165) is 0 Å². The molecule has 2 N–H and O–H groups in total. The molecule has 0 fully saturated rings. The number of carbonyl (C=O) groups is 2. The smallest absolute Gasteiger partial charge is 0.410 e. The second-order valence-electron chi connectivity index (χ2n) is 3.35. The fourth-order valence-corrected chi connectivity index (χ4v) is 0.855. The predicted molar refractivity (Wildman–Crippen MR) is 40.0 cm³/mol. The lowest BCUT2D eigenvalue weighted by Gasteiger charge is -2.35. The quantitative estimate of drug-likeness (QED) is 0.734. The first-order valence-electron chi connectivity index (χ1n) is 4.16. The molecule has 13 heteroatoms. The van der Waals surface area contributed by atoms with Gasteiger partial charge in [-0.25, -0.2) is 14.0 Å². The average molecular weight is 322 g/mol. The van der Waals surface area contributed by atoms with E-state index in [-0.39, 0.29) is 0 Å². The van der Waals surface area contributed by atoms with E-state index in [4.69, 9.17) is 10.2 Å². The predicted octanol–water partition coefficient (Wildman–Crippen LogP) is 2.03. The molecule has 0 aromatic carbocycles. The fraction of sp³-hybridized carbons (Fsp3) is 0.714. The van der Waals surface area contributed by atoms with Crippen LogP contribution in [0.25, 0.3) is 0 Å². The molecule has 0 saturated heterocycles. The molecule has 1 unspecified atom stereocenters. The molecule has 1 atom stereocenters. The third kappa shape index (κ3) is 2.24. The lowest BCUT2D eigenvalue weighted by Crippen LogP contribution is -2.67.